The van der Waals surface area contributed by atoms with Gasteiger partial charge < -0.3 is 4.90 Å². The topological polar surface area (TPSA) is 49.4 Å². The average Bonchev–Trinajstić information content (AvgIpc) is 2.56. The minimum atomic E-state index is -0.402. The van der Waals surface area contributed by atoms with Gasteiger partial charge in [0.15, 0.2) is 0 Å². The predicted molar refractivity (Wildman–Crippen MR) is 55.2 cm³/mol. The molecule has 1 fully saturated rings. The largest absolute Gasteiger partial charge is 0.324 e. The molecule has 0 unspecified atom stereocenters. The van der Waals surface area contributed by atoms with Crippen LogP contribution in [0.3, 0.4) is 0 Å². The second-order valence-corrected chi connectivity index (χ2v) is 3.62. The molecule has 16 heavy (non-hydrogen) atoms. The molecule has 0 aromatic heterocycles. The van der Waals surface area contributed by atoms with E-state index in [1.54, 1.807) is 18.2 Å². The van der Waals surface area contributed by atoms with Crippen molar-refractivity contribution in [2.75, 3.05) is 13.1 Å². The summed E-state index contributed by atoms with van der Waals surface area (Å²) < 4.78 is 13.3. The summed E-state index contributed by atoms with van der Waals surface area (Å²) >= 11 is 0. The minimum Gasteiger partial charge on any atom is -0.315 e. The molecule has 1 saturated heterocycles. The Morgan fingerprint density at radius 1 is 1.31 bits per heavy atom. The average molecular weight is 222 g/mol. The predicted octanol–water partition coefficient (Wildman–Crippen LogP) is 0.920. The van der Waals surface area contributed by atoms with Crippen molar-refractivity contribution in [1.29, 1.82) is 0 Å². The van der Waals surface area contributed by atoms with Gasteiger partial charge in [-0.3, -0.25) is 10.1 Å². The van der Waals surface area contributed by atoms with Crippen LogP contribution < -0.4 is 5.32 Å². The molecular weight excluding hydrogens is 211 g/mol. The number of nitrogens with one attached hydrogen (secondary N) is 1. The Labute approximate surface area is 92.0 Å². The Bertz CT molecular complexity index is 434. The van der Waals surface area contributed by atoms with Crippen molar-refractivity contribution in [2.24, 2.45) is 0 Å². The van der Waals surface area contributed by atoms with Gasteiger partial charge in [-0.2, -0.15) is 0 Å². The molecule has 0 atom stereocenters. The van der Waals surface area contributed by atoms with Crippen LogP contribution >= 0.6 is 0 Å². The van der Waals surface area contributed by atoms with E-state index in [0.29, 0.717) is 18.5 Å². The van der Waals surface area contributed by atoms with E-state index in [9.17, 15) is 14.0 Å². The molecule has 0 bridgehead atoms. The summed E-state index contributed by atoms with van der Waals surface area (Å²) in [6, 6.07) is 6.01. The van der Waals surface area contributed by atoms with Gasteiger partial charge in [-0.1, -0.05) is 18.2 Å². The lowest BCUT2D eigenvalue weighted by Crippen LogP contribution is -2.30. The Morgan fingerprint density at radius 3 is 2.69 bits per heavy atom. The molecule has 5 heteroatoms. The number of carbonyl (C=O) groups excluding carboxylic acids is 2. The maximum Gasteiger partial charge on any atom is 0.324 e. The number of benzene rings is 1. The van der Waals surface area contributed by atoms with E-state index in [-0.39, 0.29) is 18.3 Å². The Balaban J connectivity index is 1.95. The number of nitrogens with zero attached hydrogens (tertiary/aromatic N) is 1. The van der Waals surface area contributed by atoms with Gasteiger partial charge in [0.25, 0.3) is 0 Å². The number of halogens is 1. The highest BCUT2D eigenvalue weighted by Crippen LogP contribution is 2.08. The number of rotatable bonds is 3. The monoisotopic (exact) mass is 222 g/mol. The van der Waals surface area contributed by atoms with Gasteiger partial charge in [0, 0.05) is 6.54 Å². The van der Waals surface area contributed by atoms with Gasteiger partial charge in [-0.25, -0.2) is 9.18 Å². The summed E-state index contributed by atoms with van der Waals surface area (Å²) in [6.07, 6.45) is 0.410. The quantitative estimate of drug-likeness (QED) is 0.773. The van der Waals surface area contributed by atoms with E-state index in [1.807, 2.05) is 0 Å². The Hall–Kier alpha value is -1.91. The first-order valence-corrected chi connectivity index (χ1v) is 4.99. The van der Waals surface area contributed by atoms with E-state index < -0.39 is 6.03 Å². The fraction of sp³-hybridized carbons (Fsp3) is 0.273. The number of urea groups is 1. The van der Waals surface area contributed by atoms with Crippen LogP contribution in [0.5, 0.6) is 0 Å². The first kappa shape index (κ1) is 10.6. The smallest absolute Gasteiger partial charge is 0.315 e. The molecular formula is C11H11FN2O2. The zero-order valence-corrected chi connectivity index (χ0v) is 8.57. The van der Waals surface area contributed by atoms with Crippen molar-refractivity contribution >= 4 is 11.9 Å². The summed E-state index contributed by atoms with van der Waals surface area (Å²) in [5, 5.41) is 2.17. The van der Waals surface area contributed by atoms with Gasteiger partial charge in [0.1, 0.15) is 12.4 Å². The first-order chi connectivity index (χ1) is 7.66. The highest BCUT2D eigenvalue weighted by molar-refractivity contribution is 6.01. The Morgan fingerprint density at radius 2 is 2.06 bits per heavy atom. The van der Waals surface area contributed by atoms with E-state index in [4.69, 9.17) is 0 Å². The standard InChI is InChI=1S/C11H11FN2O2/c12-9-4-2-1-3-8(9)5-6-14-7-10(15)13-11(14)16/h1-4H,5-7H2,(H,13,15,16). The van der Waals surface area contributed by atoms with Crippen LogP contribution in [0.4, 0.5) is 9.18 Å². The van der Waals surface area contributed by atoms with E-state index in [1.165, 1.54) is 11.0 Å². The molecule has 4 nitrogen and oxygen atoms in total. The van der Waals surface area contributed by atoms with Gasteiger partial charge in [-0.05, 0) is 18.1 Å². The molecule has 1 aromatic carbocycles. The second-order valence-electron chi connectivity index (χ2n) is 3.62. The summed E-state index contributed by atoms with van der Waals surface area (Å²) in [5.74, 6) is -0.591. The molecule has 1 heterocycles. The van der Waals surface area contributed by atoms with Crippen LogP contribution in [0.1, 0.15) is 5.56 Å². The van der Waals surface area contributed by atoms with Crippen LogP contribution in [-0.2, 0) is 11.2 Å². The minimum absolute atomic E-state index is 0.0628. The van der Waals surface area contributed by atoms with Gasteiger partial charge in [0.05, 0.1) is 0 Å². The molecule has 84 valence electrons. The zero-order valence-electron chi connectivity index (χ0n) is 8.57. The molecule has 1 aromatic rings. The second kappa shape index (κ2) is 4.30. The van der Waals surface area contributed by atoms with E-state index >= 15 is 0 Å². The normalized spacial score (nSPS) is 15.4. The van der Waals surface area contributed by atoms with E-state index in [0.717, 1.165) is 0 Å². The maximum absolute atomic E-state index is 13.3. The highest BCUT2D eigenvalue weighted by atomic mass is 19.1. The summed E-state index contributed by atoms with van der Waals surface area (Å²) in [4.78, 5) is 23.5. The van der Waals surface area contributed by atoms with Gasteiger partial charge >= 0.3 is 6.03 Å². The van der Waals surface area contributed by atoms with Crippen LogP contribution in [-0.4, -0.2) is 29.9 Å². The van der Waals surface area contributed by atoms with Gasteiger partial charge in [-0.15, -0.1) is 0 Å². The molecule has 1 aliphatic rings. The number of hydrogen-bond donors (Lipinski definition) is 1. The van der Waals surface area contributed by atoms with Crippen molar-refractivity contribution in [3.05, 3.63) is 35.6 Å². The van der Waals surface area contributed by atoms with Crippen LogP contribution in [0, 0.1) is 5.82 Å². The van der Waals surface area contributed by atoms with Crippen LogP contribution in [0.25, 0.3) is 0 Å². The highest BCUT2D eigenvalue weighted by Gasteiger charge is 2.25. The summed E-state index contributed by atoms with van der Waals surface area (Å²) in [7, 11) is 0. The first-order valence-electron chi connectivity index (χ1n) is 4.99. The van der Waals surface area contributed by atoms with Crippen molar-refractivity contribution in [1.82, 2.24) is 10.2 Å². The summed E-state index contributed by atoms with van der Waals surface area (Å²) in [5.41, 5.74) is 0.551. The molecule has 2 rings (SSSR count). The number of imide groups is 1. The SMILES string of the molecule is O=C1CN(CCc2ccccc2F)C(=O)N1. The molecule has 1 N–H and O–H groups in total. The van der Waals surface area contributed by atoms with Gasteiger partial charge in [0.2, 0.25) is 5.91 Å². The van der Waals surface area contributed by atoms with Crippen molar-refractivity contribution in [3.8, 4) is 0 Å². The number of amides is 3. The lowest BCUT2D eigenvalue weighted by atomic mass is 10.1. The zero-order chi connectivity index (χ0) is 11.5. The molecule has 3 amide bonds. The van der Waals surface area contributed by atoms with Crippen molar-refractivity contribution in [2.45, 2.75) is 6.42 Å². The van der Waals surface area contributed by atoms with E-state index in [2.05, 4.69) is 5.32 Å². The molecule has 0 saturated carbocycles. The molecule has 0 spiro atoms. The third-order valence-corrected chi connectivity index (χ3v) is 2.48. The number of carbonyl (C=O) groups is 2. The van der Waals surface area contributed by atoms with Crippen molar-refractivity contribution in [3.63, 3.8) is 0 Å². The fourth-order valence-electron chi connectivity index (χ4n) is 1.62. The third-order valence-electron chi connectivity index (χ3n) is 2.48. The van der Waals surface area contributed by atoms with Crippen molar-refractivity contribution < 1.29 is 14.0 Å². The van der Waals surface area contributed by atoms with Crippen LogP contribution in [0.2, 0.25) is 0 Å². The van der Waals surface area contributed by atoms with Crippen LogP contribution in [0.15, 0.2) is 24.3 Å². The molecule has 0 aliphatic carbocycles. The lowest BCUT2D eigenvalue weighted by molar-refractivity contribution is -0.118. The lowest BCUT2D eigenvalue weighted by Gasteiger charge is -2.12. The number of hydrogen-bond acceptors (Lipinski definition) is 2. The molecule has 1 aliphatic heterocycles. The summed E-state index contributed by atoms with van der Waals surface area (Å²) in [6.45, 7) is 0.409. The fourth-order valence-corrected chi connectivity index (χ4v) is 1.62. The molecule has 0 radical (unpaired) electrons. The third kappa shape index (κ3) is 2.18. The Kier molecular flexibility index (Phi) is 2.85. The maximum atomic E-state index is 13.3.